The van der Waals surface area contributed by atoms with E-state index < -0.39 is 10.0 Å². The first-order valence-corrected chi connectivity index (χ1v) is 5.60. The standard InChI is InChI=1S/C7H14N2O2S/c8-4-7-12(10,11)9-5-2-1-3-6-9/h1-2H,3-8H2. The third kappa shape index (κ3) is 2.30. The van der Waals surface area contributed by atoms with E-state index in [1.807, 2.05) is 12.2 Å². The third-order valence-corrected chi connectivity index (χ3v) is 3.66. The fourth-order valence-corrected chi connectivity index (χ4v) is 2.40. The summed E-state index contributed by atoms with van der Waals surface area (Å²) in [7, 11) is -3.08. The molecule has 0 saturated carbocycles. The predicted octanol–water partition coefficient (Wildman–Crippen LogP) is -0.463. The molecule has 0 aromatic rings. The van der Waals surface area contributed by atoms with Crippen molar-refractivity contribution in [1.82, 2.24) is 4.31 Å². The van der Waals surface area contributed by atoms with Gasteiger partial charge < -0.3 is 5.73 Å². The Morgan fingerprint density at radius 3 is 2.67 bits per heavy atom. The van der Waals surface area contributed by atoms with Crippen molar-refractivity contribution in [2.75, 3.05) is 25.4 Å². The summed E-state index contributed by atoms with van der Waals surface area (Å²) in [6.07, 6.45) is 4.68. The number of nitrogens with zero attached hydrogens (tertiary/aromatic N) is 1. The first-order valence-electron chi connectivity index (χ1n) is 4.00. The van der Waals surface area contributed by atoms with Crippen LogP contribution < -0.4 is 5.73 Å². The minimum atomic E-state index is -3.08. The van der Waals surface area contributed by atoms with Crippen LogP contribution in [-0.4, -0.2) is 38.1 Å². The molecule has 1 heterocycles. The molecule has 5 heteroatoms. The smallest absolute Gasteiger partial charge is 0.215 e. The Morgan fingerprint density at radius 2 is 2.17 bits per heavy atom. The molecule has 1 aliphatic rings. The molecule has 0 bridgehead atoms. The largest absolute Gasteiger partial charge is 0.329 e. The molecule has 70 valence electrons. The SMILES string of the molecule is NCCS(=O)(=O)N1CC=CCC1. The van der Waals surface area contributed by atoms with Gasteiger partial charge in [0.25, 0.3) is 0 Å². The zero-order chi connectivity index (χ0) is 9.03. The lowest BCUT2D eigenvalue weighted by molar-refractivity contribution is 0.438. The zero-order valence-electron chi connectivity index (χ0n) is 6.94. The van der Waals surface area contributed by atoms with Crippen LogP contribution in [0.2, 0.25) is 0 Å². The summed E-state index contributed by atoms with van der Waals surface area (Å²) >= 11 is 0. The molecule has 1 aliphatic heterocycles. The van der Waals surface area contributed by atoms with Gasteiger partial charge in [-0.2, -0.15) is 4.31 Å². The zero-order valence-corrected chi connectivity index (χ0v) is 7.76. The summed E-state index contributed by atoms with van der Waals surface area (Å²) in [4.78, 5) is 0. The first-order chi connectivity index (χ1) is 5.67. The minimum Gasteiger partial charge on any atom is -0.329 e. The summed E-state index contributed by atoms with van der Waals surface area (Å²) in [5, 5.41) is 0. The van der Waals surface area contributed by atoms with Crippen molar-refractivity contribution in [2.45, 2.75) is 6.42 Å². The summed E-state index contributed by atoms with van der Waals surface area (Å²) in [6.45, 7) is 1.30. The predicted molar refractivity (Wildman–Crippen MR) is 48.2 cm³/mol. The number of hydrogen-bond acceptors (Lipinski definition) is 3. The van der Waals surface area contributed by atoms with E-state index in [9.17, 15) is 8.42 Å². The van der Waals surface area contributed by atoms with Gasteiger partial charge in [0.2, 0.25) is 10.0 Å². The Bertz CT molecular complexity index is 259. The van der Waals surface area contributed by atoms with Crippen LogP contribution >= 0.6 is 0 Å². The van der Waals surface area contributed by atoms with E-state index in [1.54, 1.807) is 0 Å². The molecule has 0 aromatic carbocycles. The Labute approximate surface area is 73.1 Å². The number of sulfonamides is 1. The van der Waals surface area contributed by atoms with Crippen LogP contribution in [-0.2, 0) is 10.0 Å². The van der Waals surface area contributed by atoms with Gasteiger partial charge in [-0.3, -0.25) is 0 Å². The van der Waals surface area contributed by atoms with Crippen LogP contribution in [0.5, 0.6) is 0 Å². The van der Waals surface area contributed by atoms with Crippen LogP contribution in [0, 0.1) is 0 Å². The third-order valence-electron chi connectivity index (χ3n) is 1.79. The van der Waals surface area contributed by atoms with Gasteiger partial charge in [0.15, 0.2) is 0 Å². The average Bonchev–Trinajstić information content (AvgIpc) is 2.06. The summed E-state index contributed by atoms with van der Waals surface area (Å²) in [6, 6.07) is 0. The molecule has 0 unspecified atom stereocenters. The highest BCUT2D eigenvalue weighted by Gasteiger charge is 2.20. The van der Waals surface area contributed by atoms with Gasteiger partial charge in [-0.15, -0.1) is 0 Å². The Hall–Kier alpha value is -0.390. The van der Waals surface area contributed by atoms with E-state index >= 15 is 0 Å². The lowest BCUT2D eigenvalue weighted by Crippen LogP contribution is -2.37. The number of nitrogens with two attached hydrogens (primary N) is 1. The van der Waals surface area contributed by atoms with E-state index in [1.165, 1.54) is 4.31 Å². The quantitative estimate of drug-likeness (QED) is 0.612. The lowest BCUT2D eigenvalue weighted by atomic mass is 10.3. The van der Waals surface area contributed by atoms with E-state index in [4.69, 9.17) is 5.73 Å². The highest BCUT2D eigenvalue weighted by Crippen LogP contribution is 2.07. The average molecular weight is 190 g/mol. The fraction of sp³-hybridized carbons (Fsp3) is 0.714. The molecular formula is C7H14N2O2S. The molecule has 0 aliphatic carbocycles. The number of rotatable bonds is 3. The lowest BCUT2D eigenvalue weighted by Gasteiger charge is -2.22. The monoisotopic (exact) mass is 190 g/mol. The van der Waals surface area contributed by atoms with E-state index in [-0.39, 0.29) is 12.3 Å². The summed E-state index contributed by atoms with van der Waals surface area (Å²) < 4.78 is 24.3. The first kappa shape index (κ1) is 9.70. The van der Waals surface area contributed by atoms with Gasteiger partial charge in [0, 0.05) is 19.6 Å². The second-order valence-corrected chi connectivity index (χ2v) is 4.81. The van der Waals surface area contributed by atoms with Crippen molar-refractivity contribution in [1.29, 1.82) is 0 Å². The van der Waals surface area contributed by atoms with E-state index in [2.05, 4.69) is 0 Å². The molecule has 0 radical (unpaired) electrons. The molecule has 12 heavy (non-hydrogen) atoms. The van der Waals surface area contributed by atoms with Crippen molar-refractivity contribution in [3.63, 3.8) is 0 Å². The van der Waals surface area contributed by atoms with Gasteiger partial charge in [-0.1, -0.05) is 12.2 Å². The fourth-order valence-electron chi connectivity index (χ4n) is 1.15. The second kappa shape index (κ2) is 4.02. The van der Waals surface area contributed by atoms with Crippen LogP contribution in [0.25, 0.3) is 0 Å². The van der Waals surface area contributed by atoms with E-state index in [0.29, 0.717) is 13.1 Å². The molecule has 0 fully saturated rings. The summed E-state index contributed by atoms with van der Waals surface area (Å²) in [5.41, 5.74) is 5.20. The normalized spacial score (nSPS) is 19.8. The van der Waals surface area contributed by atoms with Crippen molar-refractivity contribution in [3.05, 3.63) is 12.2 Å². The van der Waals surface area contributed by atoms with Crippen LogP contribution in [0.1, 0.15) is 6.42 Å². The van der Waals surface area contributed by atoms with Crippen molar-refractivity contribution >= 4 is 10.0 Å². The van der Waals surface area contributed by atoms with E-state index in [0.717, 1.165) is 6.42 Å². The van der Waals surface area contributed by atoms with Gasteiger partial charge in [0.1, 0.15) is 0 Å². The molecule has 0 atom stereocenters. The van der Waals surface area contributed by atoms with Crippen molar-refractivity contribution < 1.29 is 8.42 Å². The Kier molecular flexibility index (Phi) is 3.25. The van der Waals surface area contributed by atoms with Crippen LogP contribution in [0.3, 0.4) is 0 Å². The highest BCUT2D eigenvalue weighted by molar-refractivity contribution is 7.89. The maximum Gasteiger partial charge on any atom is 0.215 e. The molecule has 0 spiro atoms. The minimum absolute atomic E-state index is 0.0564. The molecule has 2 N–H and O–H groups in total. The van der Waals surface area contributed by atoms with Crippen LogP contribution in [0.15, 0.2) is 12.2 Å². The summed E-state index contributed by atoms with van der Waals surface area (Å²) in [5.74, 6) is 0.0564. The topological polar surface area (TPSA) is 63.4 Å². The van der Waals surface area contributed by atoms with Crippen LogP contribution in [0.4, 0.5) is 0 Å². The van der Waals surface area contributed by atoms with Gasteiger partial charge in [-0.25, -0.2) is 8.42 Å². The van der Waals surface area contributed by atoms with Gasteiger partial charge in [-0.05, 0) is 6.42 Å². The Balaban J connectivity index is 2.62. The van der Waals surface area contributed by atoms with Crippen molar-refractivity contribution in [2.24, 2.45) is 5.73 Å². The second-order valence-electron chi connectivity index (χ2n) is 2.72. The molecule has 0 amide bonds. The highest BCUT2D eigenvalue weighted by atomic mass is 32.2. The van der Waals surface area contributed by atoms with Crippen molar-refractivity contribution in [3.8, 4) is 0 Å². The Morgan fingerprint density at radius 1 is 1.42 bits per heavy atom. The van der Waals surface area contributed by atoms with Gasteiger partial charge in [0.05, 0.1) is 5.75 Å². The maximum atomic E-state index is 11.4. The molecular weight excluding hydrogens is 176 g/mol. The number of hydrogen-bond donors (Lipinski definition) is 1. The maximum absolute atomic E-state index is 11.4. The molecule has 4 nitrogen and oxygen atoms in total. The van der Waals surface area contributed by atoms with Gasteiger partial charge >= 0.3 is 0 Å². The molecule has 0 aromatic heterocycles. The molecule has 0 saturated heterocycles. The molecule has 1 rings (SSSR count).